The number of rotatable bonds is 5. The molecule has 6 rings (SSSR count). The first-order chi connectivity index (χ1) is 14.7. The summed E-state index contributed by atoms with van der Waals surface area (Å²) in [4.78, 5) is 20.1. The van der Waals surface area contributed by atoms with E-state index in [1.54, 1.807) is 0 Å². The Hall–Kier alpha value is -2.98. The largest absolute Gasteiger partial charge is 0.452 e. The molecule has 0 aliphatic carbocycles. The molecule has 1 aromatic heterocycles. The fraction of sp³-hybridized carbons (Fsp3) is 0.308. The van der Waals surface area contributed by atoms with E-state index in [0.717, 1.165) is 36.0 Å². The summed E-state index contributed by atoms with van der Waals surface area (Å²) in [6.45, 7) is 6.07. The van der Waals surface area contributed by atoms with E-state index in [1.165, 1.54) is 6.42 Å². The number of nitrogens with zero attached hydrogens (tertiary/aromatic N) is 2. The maximum absolute atomic E-state index is 13.1. The molecule has 2 bridgehead atoms. The second kappa shape index (κ2) is 8.04. The van der Waals surface area contributed by atoms with Gasteiger partial charge in [0.25, 0.3) is 0 Å². The van der Waals surface area contributed by atoms with Gasteiger partial charge >= 0.3 is 5.97 Å². The van der Waals surface area contributed by atoms with Gasteiger partial charge in [-0.1, -0.05) is 42.5 Å². The first kappa shape index (κ1) is 19.0. The van der Waals surface area contributed by atoms with E-state index in [4.69, 9.17) is 4.74 Å². The Morgan fingerprint density at radius 3 is 2.70 bits per heavy atom. The summed E-state index contributed by atoms with van der Waals surface area (Å²) in [5.74, 6) is 0.850. The van der Waals surface area contributed by atoms with E-state index in [9.17, 15) is 4.79 Å². The quantitative estimate of drug-likeness (QED) is 0.447. The average Bonchev–Trinajstić information content (AvgIpc) is 2.83. The zero-order valence-electron chi connectivity index (χ0n) is 17.0. The molecule has 4 heterocycles. The zero-order chi connectivity index (χ0) is 20.5. The number of benzene rings is 2. The average molecular weight is 399 g/mol. The first-order valence-electron chi connectivity index (χ1n) is 10.7. The fourth-order valence-electron chi connectivity index (χ4n) is 5.17. The molecule has 0 N–H and O–H groups in total. The first-order valence-corrected chi connectivity index (χ1v) is 10.7. The summed E-state index contributed by atoms with van der Waals surface area (Å²) in [7, 11) is 0. The van der Waals surface area contributed by atoms with E-state index in [0.29, 0.717) is 17.4 Å². The molecule has 4 nitrogen and oxygen atoms in total. The van der Waals surface area contributed by atoms with Gasteiger partial charge in [-0.05, 0) is 55.5 Å². The van der Waals surface area contributed by atoms with Crippen LogP contribution in [-0.2, 0) is 4.74 Å². The highest BCUT2D eigenvalue weighted by Gasteiger charge is 2.44. The van der Waals surface area contributed by atoms with Crippen LogP contribution in [-0.4, -0.2) is 35.0 Å². The highest BCUT2D eigenvalue weighted by molar-refractivity contribution is 5.90. The summed E-state index contributed by atoms with van der Waals surface area (Å²) in [6.07, 6.45) is 5.78. The lowest BCUT2D eigenvalue weighted by Gasteiger charge is -2.51. The van der Waals surface area contributed by atoms with Crippen LogP contribution in [0.15, 0.2) is 79.5 Å². The Kier molecular flexibility index (Phi) is 5.09. The number of ether oxygens (including phenoxy) is 1. The van der Waals surface area contributed by atoms with Crippen molar-refractivity contribution < 1.29 is 9.53 Å². The molecular weight excluding hydrogens is 372 g/mol. The molecule has 1 unspecified atom stereocenters. The second-order valence-electron chi connectivity index (χ2n) is 8.36. The maximum Gasteiger partial charge on any atom is 0.338 e. The van der Waals surface area contributed by atoms with Crippen LogP contribution >= 0.6 is 0 Å². The second-order valence-corrected chi connectivity index (χ2v) is 8.36. The smallest absolute Gasteiger partial charge is 0.338 e. The molecule has 3 aliphatic rings. The van der Waals surface area contributed by atoms with E-state index in [-0.39, 0.29) is 18.1 Å². The van der Waals surface area contributed by atoms with Crippen LogP contribution < -0.4 is 0 Å². The molecule has 30 heavy (non-hydrogen) atoms. The number of para-hydroxylation sites is 1. The number of hydrogen-bond acceptors (Lipinski definition) is 4. The summed E-state index contributed by atoms with van der Waals surface area (Å²) in [6, 6.07) is 19.5. The molecule has 3 aromatic rings. The topological polar surface area (TPSA) is 42.4 Å². The highest BCUT2D eigenvalue weighted by Crippen LogP contribution is 2.43. The van der Waals surface area contributed by atoms with Crippen molar-refractivity contribution in [2.75, 3.05) is 13.1 Å². The zero-order valence-corrected chi connectivity index (χ0v) is 17.0. The molecule has 4 heteroatoms. The normalized spacial score (nSPS) is 26.3. The number of esters is 1. The summed E-state index contributed by atoms with van der Waals surface area (Å²) in [5.41, 5.74) is 2.55. The third-order valence-electron chi connectivity index (χ3n) is 6.74. The Labute approximate surface area is 177 Å². The van der Waals surface area contributed by atoms with Gasteiger partial charge in [-0.3, -0.25) is 9.88 Å². The Balaban J connectivity index is 1.54. The monoisotopic (exact) mass is 398 g/mol. The molecule has 0 saturated carbocycles. The van der Waals surface area contributed by atoms with Crippen molar-refractivity contribution in [3.63, 3.8) is 0 Å². The van der Waals surface area contributed by atoms with Gasteiger partial charge in [0.15, 0.2) is 0 Å². The Morgan fingerprint density at radius 1 is 1.13 bits per heavy atom. The number of hydrogen-bond donors (Lipinski definition) is 0. The predicted molar refractivity (Wildman–Crippen MR) is 118 cm³/mol. The van der Waals surface area contributed by atoms with Crippen molar-refractivity contribution in [3.8, 4) is 0 Å². The van der Waals surface area contributed by atoms with E-state index < -0.39 is 0 Å². The van der Waals surface area contributed by atoms with Gasteiger partial charge in [-0.15, -0.1) is 6.58 Å². The standard InChI is InChI=1S/C26H26N2O2/c1-2-18-17-28-15-13-20(18)16-24(28)25(30-26(29)19-8-4-3-5-9-19)22-12-14-27-23-11-7-6-10-21(22)23/h2-12,14,18,20,24-25H,1,13,15-17H2/t18-,20-,24+,25-/m0/s1. The van der Waals surface area contributed by atoms with Gasteiger partial charge < -0.3 is 4.74 Å². The lowest BCUT2D eigenvalue weighted by atomic mass is 9.73. The van der Waals surface area contributed by atoms with Crippen LogP contribution in [0.3, 0.4) is 0 Å². The molecule has 0 amide bonds. The minimum Gasteiger partial charge on any atom is -0.452 e. The lowest BCUT2D eigenvalue weighted by molar-refractivity contribution is -0.0568. The van der Waals surface area contributed by atoms with Crippen LogP contribution in [0.25, 0.3) is 10.9 Å². The summed E-state index contributed by atoms with van der Waals surface area (Å²) < 4.78 is 6.26. The summed E-state index contributed by atoms with van der Waals surface area (Å²) in [5, 5.41) is 1.05. The van der Waals surface area contributed by atoms with Crippen molar-refractivity contribution in [2.45, 2.75) is 25.0 Å². The number of fused-ring (bicyclic) bond motifs is 4. The van der Waals surface area contributed by atoms with Gasteiger partial charge in [0.05, 0.1) is 17.1 Å². The molecule has 5 atom stereocenters. The molecular formula is C26H26N2O2. The van der Waals surface area contributed by atoms with Crippen LogP contribution in [0, 0.1) is 11.8 Å². The third-order valence-corrected chi connectivity index (χ3v) is 6.74. The SMILES string of the molecule is C=C[C@H]1CN2CC[C@H]1C[C@@H]2[C@@H](OC(=O)c1ccccc1)c1ccnc2ccccc12. The predicted octanol–water partition coefficient (Wildman–Crippen LogP) is 5.03. The van der Waals surface area contributed by atoms with Crippen molar-refractivity contribution >= 4 is 16.9 Å². The molecule has 2 aromatic carbocycles. The van der Waals surface area contributed by atoms with Gasteiger partial charge in [0, 0.05) is 23.7 Å². The van der Waals surface area contributed by atoms with Crippen molar-refractivity contribution in [1.29, 1.82) is 0 Å². The van der Waals surface area contributed by atoms with Crippen molar-refractivity contribution in [1.82, 2.24) is 9.88 Å². The van der Waals surface area contributed by atoms with Crippen LogP contribution in [0.4, 0.5) is 0 Å². The Morgan fingerprint density at radius 2 is 1.93 bits per heavy atom. The molecule has 3 fully saturated rings. The van der Waals surface area contributed by atoms with E-state index in [1.807, 2.05) is 60.8 Å². The minimum atomic E-state index is -0.334. The third kappa shape index (κ3) is 3.41. The van der Waals surface area contributed by atoms with E-state index in [2.05, 4.69) is 28.6 Å². The van der Waals surface area contributed by atoms with Crippen LogP contribution in [0.5, 0.6) is 0 Å². The van der Waals surface area contributed by atoms with Gasteiger partial charge in [0.1, 0.15) is 6.10 Å². The number of carbonyl (C=O) groups is 1. The van der Waals surface area contributed by atoms with Gasteiger partial charge in [-0.25, -0.2) is 4.79 Å². The minimum absolute atomic E-state index is 0.165. The number of aromatic nitrogens is 1. The van der Waals surface area contributed by atoms with Crippen LogP contribution in [0.1, 0.15) is 34.9 Å². The van der Waals surface area contributed by atoms with Crippen molar-refractivity contribution in [2.24, 2.45) is 11.8 Å². The molecule has 3 aliphatic heterocycles. The highest BCUT2D eigenvalue weighted by atomic mass is 16.5. The van der Waals surface area contributed by atoms with E-state index >= 15 is 0 Å². The lowest BCUT2D eigenvalue weighted by Crippen LogP contribution is -2.55. The molecule has 3 saturated heterocycles. The molecule has 152 valence electrons. The van der Waals surface area contributed by atoms with Gasteiger partial charge in [-0.2, -0.15) is 0 Å². The summed E-state index contributed by atoms with van der Waals surface area (Å²) >= 11 is 0. The number of pyridine rings is 1. The van der Waals surface area contributed by atoms with Gasteiger partial charge in [0.2, 0.25) is 0 Å². The fourth-order valence-corrected chi connectivity index (χ4v) is 5.17. The Bertz CT molecular complexity index is 1060. The maximum atomic E-state index is 13.1. The molecule has 0 radical (unpaired) electrons. The van der Waals surface area contributed by atoms with Crippen LogP contribution in [0.2, 0.25) is 0 Å². The number of piperidine rings is 3. The number of carbonyl (C=O) groups excluding carboxylic acids is 1. The van der Waals surface area contributed by atoms with Crippen molar-refractivity contribution in [3.05, 3.63) is 90.6 Å². The molecule has 0 spiro atoms.